The number of aromatic nitrogens is 2. The molecule has 2 aromatic rings. The topological polar surface area (TPSA) is 99.7 Å². The summed E-state index contributed by atoms with van der Waals surface area (Å²) in [5.74, 6) is 1.04. The average Bonchev–Trinajstić information content (AvgIpc) is 3.06. The fourth-order valence-electron chi connectivity index (χ4n) is 3.09. The number of benzene rings is 1. The maximum absolute atomic E-state index is 12.3. The van der Waals surface area contributed by atoms with Gasteiger partial charge in [0.1, 0.15) is 0 Å². The number of aliphatic hydroxyl groups excluding tert-OH is 1. The first-order valence-electron chi connectivity index (χ1n) is 8.93. The number of carbonyl (C=O) groups excluding carboxylic acids is 1. The lowest BCUT2D eigenvalue weighted by Gasteiger charge is -2.39. The Morgan fingerprint density at radius 3 is 2.92 bits per heavy atom. The molecule has 3 rings (SSSR count). The van der Waals surface area contributed by atoms with Crippen molar-refractivity contribution < 1.29 is 19.5 Å². The molecular formula is C19H25N3O4. The predicted molar refractivity (Wildman–Crippen MR) is 95.2 cm³/mol. The van der Waals surface area contributed by atoms with E-state index in [1.807, 2.05) is 31.2 Å². The van der Waals surface area contributed by atoms with Gasteiger partial charge in [-0.25, -0.2) is 0 Å². The van der Waals surface area contributed by atoms with Gasteiger partial charge in [-0.3, -0.25) is 4.79 Å². The SMILES string of the molecule is Cc1ccccc1-c1noc(CCCC(=O)N2CC[C@@](C)(O)[C@@H](O)C2)n1. The maximum atomic E-state index is 12.3. The highest BCUT2D eigenvalue weighted by Crippen LogP contribution is 2.23. The molecule has 1 fully saturated rings. The molecule has 0 unspecified atom stereocenters. The zero-order valence-electron chi connectivity index (χ0n) is 15.2. The van der Waals surface area contributed by atoms with Crippen LogP contribution in [0.4, 0.5) is 0 Å². The van der Waals surface area contributed by atoms with Gasteiger partial charge < -0.3 is 19.6 Å². The number of aryl methyl sites for hydroxylation is 2. The molecule has 1 aliphatic heterocycles. The zero-order valence-corrected chi connectivity index (χ0v) is 15.2. The van der Waals surface area contributed by atoms with Gasteiger partial charge in [-0.1, -0.05) is 29.4 Å². The molecule has 1 saturated heterocycles. The number of rotatable bonds is 5. The highest BCUT2D eigenvalue weighted by Gasteiger charge is 2.37. The van der Waals surface area contributed by atoms with Crippen LogP contribution < -0.4 is 0 Å². The number of carbonyl (C=O) groups is 1. The van der Waals surface area contributed by atoms with Gasteiger partial charge in [0.25, 0.3) is 0 Å². The van der Waals surface area contributed by atoms with E-state index in [0.29, 0.717) is 43.9 Å². The second-order valence-corrected chi connectivity index (χ2v) is 7.14. The molecule has 7 heteroatoms. The first-order valence-corrected chi connectivity index (χ1v) is 8.93. The first kappa shape index (κ1) is 18.5. The summed E-state index contributed by atoms with van der Waals surface area (Å²) in [6.45, 7) is 4.22. The molecule has 140 valence electrons. The highest BCUT2D eigenvalue weighted by atomic mass is 16.5. The molecule has 2 heterocycles. The van der Waals surface area contributed by atoms with Crippen LogP contribution >= 0.6 is 0 Å². The van der Waals surface area contributed by atoms with Crippen LogP contribution in [0.2, 0.25) is 0 Å². The van der Waals surface area contributed by atoms with Crippen LogP contribution in [0.5, 0.6) is 0 Å². The quantitative estimate of drug-likeness (QED) is 0.843. The van der Waals surface area contributed by atoms with Crippen molar-refractivity contribution in [2.45, 2.75) is 51.2 Å². The molecule has 0 aliphatic carbocycles. The number of amides is 1. The molecule has 0 radical (unpaired) electrons. The van der Waals surface area contributed by atoms with Crippen molar-refractivity contribution in [3.63, 3.8) is 0 Å². The van der Waals surface area contributed by atoms with Crippen LogP contribution in [0.25, 0.3) is 11.4 Å². The van der Waals surface area contributed by atoms with Crippen LogP contribution in [0.1, 0.15) is 37.6 Å². The van der Waals surface area contributed by atoms with Crippen molar-refractivity contribution in [3.05, 3.63) is 35.7 Å². The minimum atomic E-state index is -1.12. The zero-order chi connectivity index (χ0) is 18.7. The van der Waals surface area contributed by atoms with E-state index in [0.717, 1.165) is 11.1 Å². The minimum Gasteiger partial charge on any atom is -0.388 e. The minimum absolute atomic E-state index is 0.0295. The molecule has 2 atom stereocenters. The van der Waals surface area contributed by atoms with E-state index in [1.54, 1.807) is 11.8 Å². The van der Waals surface area contributed by atoms with Gasteiger partial charge in [0.15, 0.2) is 0 Å². The molecule has 0 spiro atoms. The molecule has 0 saturated carbocycles. The number of likely N-dealkylation sites (tertiary alicyclic amines) is 1. The Hall–Kier alpha value is -2.25. The number of hydrogen-bond acceptors (Lipinski definition) is 6. The standard InChI is InChI=1S/C19H25N3O4/c1-13-6-3-4-7-14(13)18-20-16(26-21-18)8-5-9-17(24)22-11-10-19(2,25)15(23)12-22/h3-4,6-7,15,23,25H,5,8-12H2,1-2H3/t15-,19+/m0/s1. The number of aliphatic hydroxyl groups is 2. The number of piperidine rings is 1. The van der Waals surface area contributed by atoms with Gasteiger partial charge in [-0.2, -0.15) is 4.98 Å². The lowest BCUT2D eigenvalue weighted by atomic mass is 9.90. The number of nitrogens with zero attached hydrogens (tertiary/aromatic N) is 3. The second kappa shape index (κ2) is 7.55. The first-order chi connectivity index (χ1) is 12.4. The third-order valence-electron chi connectivity index (χ3n) is 4.99. The summed E-state index contributed by atoms with van der Waals surface area (Å²) in [6, 6.07) is 7.84. The predicted octanol–water partition coefficient (Wildman–Crippen LogP) is 1.71. The summed E-state index contributed by atoms with van der Waals surface area (Å²) in [5.41, 5.74) is 0.898. The Kier molecular flexibility index (Phi) is 5.38. The van der Waals surface area contributed by atoms with E-state index in [9.17, 15) is 15.0 Å². The molecule has 0 bridgehead atoms. The Labute approximate surface area is 152 Å². The van der Waals surface area contributed by atoms with Gasteiger partial charge in [0.05, 0.1) is 11.7 Å². The largest absolute Gasteiger partial charge is 0.388 e. The lowest BCUT2D eigenvalue weighted by molar-refractivity contribution is -0.146. The smallest absolute Gasteiger partial charge is 0.226 e. The Morgan fingerprint density at radius 1 is 1.42 bits per heavy atom. The maximum Gasteiger partial charge on any atom is 0.226 e. The van der Waals surface area contributed by atoms with Crippen LogP contribution in [0.15, 0.2) is 28.8 Å². The van der Waals surface area contributed by atoms with E-state index in [1.165, 1.54) is 0 Å². The van der Waals surface area contributed by atoms with Gasteiger partial charge in [0, 0.05) is 31.5 Å². The summed E-state index contributed by atoms with van der Waals surface area (Å²) in [4.78, 5) is 18.3. The molecule has 1 aliphatic rings. The second-order valence-electron chi connectivity index (χ2n) is 7.14. The fraction of sp³-hybridized carbons (Fsp3) is 0.526. The van der Waals surface area contributed by atoms with Gasteiger partial charge >= 0.3 is 0 Å². The Bertz CT molecular complexity index is 772. The van der Waals surface area contributed by atoms with Crippen LogP contribution in [-0.4, -0.2) is 56.0 Å². The molecule has 1 aromatic heterocycles. The summed E-state index contributed by atoms with van der Waals surface area (Å²) < 4.78 is 5.29. The number of hydrogen-bond donors (Lipinski definition) is 2. The van der Waals surface area contributed by atoms with E-state index in [-0.39, 0.29) is 12.5 Å². The van der Waals surface area contributed by atoms with Crippen molar-refractivity contribution in [1.29, 1.82) is 0 Å². The van der Waals surface area contributed by atoms with Gasteiger partial charge in [0.2, 0.25) is 17.6 Å². The molecule has 7 nitrogen and oxygen atoms in total. The summed E-state index contributed by atoms with van der Waals surface area (Å²) in [5, 5.41) is 23.9. The summed E-state index contributed by atoms with van der Waals surface area (Å²) in [7, 11) is 0. The van der Waals surface area contributed by atoms with Crippen molar-refractivity contribution in [3.8, 4) is 11.4 Å². The fourth-order valence-corrected chi connectivity index (χ4v) is 3.09. The van der Waals surface area contributed by atoms with E-state index in [4.69, 9.17) is 4.52 Å². The number of β-amino-alcohol motifs (C(OH)–C–C–N with tert-alkyl or cyclic N) is 1. The van der Waals surface area contributed by atoms with Crippen LogP contribution in [-0.2, 0) is 11.2 Å². The third kappa shape index (κ3) is 4.11. The monoisotopic (exact) mass is 359 g/mol. The van der Waals surface area contributed by atoms with Crippen LogP contribution in [0.3, 0.4) is 0 Å². The Balaban J connectivity index is 1.50. The van der Waals surface area contributed by atoms with Crippen molar-refractivity contribution >= 4 is 5.91 Å². The normalized spacial score (nSPS) is 23.2. The highest BCUT2D eigenvalue weighted by molar-refractivity contribution is 5.76. The van der Waals surface area contributed by atoms with Gasteiger partial charge in [-0.15, -0.1) is 0 Å². The van der Waals surface area contributed by atoms with E-state index >= 15 is 0 Å². The Morgan fingerprint density at radius 2 is 2.19 bits per heavy atom. The summed E-state index contributed by atoms with van der Waals surface area (Å²) in [6.07, 6.45) is 0.934. The van der Waals surface area contributed by atoms with E-state index < -0.39 is 11.7 Å². The third-order valence-corrected chi connectivity index (χ3v) is 4.99. The van der Waals surface area contributed by atoms with Crippen molar-refractivity contribution in [2.24, 2.45) is 0 Å². The lowest BCUT2D eigenvalue weighted by Crippen LogP contribution is -2.55. The van der Waals surface area contributed by atoms with Gasteiger partial charge in [-0.05, 0) is 32.3 Å². The van der Waals surface area contributed by atoms with Crippen molar-refractivity contribution in [2.75, 3.05) is 13.1 Å². The van der Waals surface area contributed by atoms with Crippen LogP contribution in [0, 0.1) is 6.92 Å². The molecule has 2 N–H and O–H groups in total. The summed E-state index contributed by atoms with van der Waals surface area (Å²) >= 11 is 0. The molecule has 1 aromatic carbocycles. The average molecular weight is 359 g/mol. The van der Waals surface area contributed by atoms with Crippen molar-refractivity contribution in [1.82, 2.24) is 15.0 Å². The molecule has 26 heavy (non-hydrogen) atoms. The van der Waals surface area contributed by atoms with E-state index in [2.05, 4.69) is 10.1 Å². The molecule has 1 amide bonds. The molecular weight excluding hydrogens is 334 g/mol.